The van der Waals surface area contributed by atoms with Gasteiger partial charge in [0.2, 0.25) is 11.8 Å². The highest BCUT2D eigenvalue weighted by Crippen LogP contribution is 2.25. The Kier molecular flexibility index (Phi) is 10.5. The van der Waals surface area contributed by atoms with Crippen molar-refractivity contribution in [2.45, 2.75) is 63.9 Å². The Labute approximate surface area is 239 Å². The number of esters is 1. The van der Waals surface area contributed by atoms with Gasteiger partial charge in [0, 0.05) is 13.0 Å². The third-order valence-electron chi connectivity index (χ3n) is 7.31. The van der Waals surface area contributed by atoms with Crippen LogP contribution in [0.2, 0.25) is 0 Å². The molecule has 2 aliphatic heterocycles. The lowest BCUT2D eigenvalue weighted by atomic mass is 9.92. The second-order valence-corrected chi connectivity index (χ2v) is 10.4. The van der Waals surface area contributed by atoms with Crippen LogP contribution in [-0.2, 0) is 43.4 Å². The summed E-state index contributed by atoms with van der Waals surface area (Å²) in [4.78, 5) is 53.2. The number of rotatable bonds is 6. The number of carbonyl (C=O) groups excluding carboxylic acids is 4. The van der Waals surface area contributed by atoms with Crippen molar-refractivity contribution in [3.05, 3.63) is 83.4 Å². The van der Waals surface area contributed by atoms with Gasteiger partial charge in [-0.15, -0.1) is 0 Å². The van der Waals surface area contributed by atoms with Gasteiger partial charge in [0.25, 0.3) is 0 Å². The lowest BCUT2D eigenvalue weighted by molar-refractivity contribution is -0.151. The van der Waals surface area contributed by atoms with Gasteiger partial charge < -0.3 is 30.1 Å². The lowest BCUT2D eigenvalue weighted by Crippen LogP contribution is -2.48. The number of nitrogens with one attached hydrogen (secondary N) is 2. The first kappa shape index (κ1) is 29.8. The van der Waals surface area contributed by atoms with Crippen LogP contribution in [0.25, 0.3) is 0 Å². The molecule has 2 aliphatic rings. The smallest absolute Gasteiger partial charge is 0.408 e. The number of aliphatic hydroxyl groups excluding tert-OH is 1. The van der Waals surface area contributed by atoms with Crippen LogP contribution < -0.4 is 10.6 Å². The van der Waals surface area contributed by atoms with Crippen LogP contribution >= 0.6 is 0 Å². The zero-order valence-corrected chi connectivity index (χ0v) is 23.2. The fourth-order valence-electron chi connectivity index (χ4n) is 4.98. The molecule has 10 nitrogen and oxygen atoms in total. The normalized spacial score (nSPS) is 23.2. The van der Waals surface area contributed by atoms with E-state index in [1.165, 1.54) is 0 Å². The minimum Gasteiger partial charge on any atom is -0.459 e. The molecule has 0 spiro atoms. The van der Waals surface area contributed by atoms with E-state index in [2.05, 4.69) is 10.6 Å². The number of fused-ring (bicyclic) bond motifs is 1. The van der Waals surface area contributed by atoms with Crippen molar-refractivity contribution in [3.8, 4) is 0 Å². The van der Waals surface area contributed by atoms with Crippen LogP contribution in [0.1, 0.15) is 42.9 Å². The largest absolute Gasteiger partial charge is 0.459 e. The van der Waals surface area contributed by atoms with E-state index in [0.29, 0.717) is 13.0 Å². The highest BCUT2D eigenvalue weighted by atomic mass is 16.6. The second-order valence-electron chi connectivity index (χ2n) is 10.4. The number of allylic oxidation sites excluding steroid dienone is 1. The van der Waals surface area contributed by atoms with E-state index in [1.807, 2.05) is 54.6 Å². The topological polar surface area (TPSA) is 134 Å². The first-order chi connectivity index (χ1) is 19.8. The van der Waals surface area contributed by atoms with Crippen molar-refractivity contribution in [2.24, 2.45) is 5.92 Å². The maximum Gasteiger partial charge on any atom is 0.408 e. The molecular formula is C31H37N3O7. The van der Waals surface area contributed by atoms with Crippen LogP contribution in [-0.4, -0.2) is 65.2 Å². The van der Waals surface area contributed by atoms with Crippen LogP contribution in [0.4, 0.5) is 4.79 Å². The highest BCUT2D eigenvalue weighted by molar-refractivity contribution is 5.86. The molecule has 2 heterocycles. The van der Waals surface area contributed by atoms with Gasteiger partial charge in [0.15, 0.2) is 0 Å². The molecule has 0 unspecified atom stereocenters. The summed E-state index contributed by atoms with van der Waals surface area (Å²) in [6.07, 6.45) is 2.93. The van der Waals surface area contributed by atoms with Crippen LogP contribution in [0.3, 0.4) is 0 Å². The summed E-state index contributed by atoms with van der Waals surface area (Å²) in [5.41, 5.74) is 2.95. The van der Waals surface area contributed by atoms with E-state index in [1.54, 1.807) is 24.0 Å². The van der Waals surface area contributed by atoms with Crippen molar-refractivity contribution >= 4 is 23.9 Å². The van der Waals surface area contributed by atoms with Crippen molar-refractivity contribution in [1.29, 1.82) is 0 Å². The van der Waals surface area contributed by atoms with E-state index in [9.17, 15) is 24.3 Å². The summed E-state index contributed by atoms with van der Waals surface area (Å²) in [6.45, 7) is 1.97. The Morgan fingerprint density at radius 3 is 2.51 bits per heavy atom. The Bertz CT molecular complexity index is 1250. The number of hydrogen-bond donors (Lipinski definition) is 3. The summed E-state index contributed by atoms with van der Waals surface area (Å²) in [5, 5.41) is 15.3. The summed E-state index contributed by atoms with van der Waals surface area (Å²) in [5.74, 6) is -1.82. The highest BCUT2D eigenvalue weighted by Gasteiger charge is 2.32. The molecule has 0 saturated heterocycles. The number of nitrogens with zero attached hydrogens (tertiary/aromatic N) is 1. The first-order valence-corrected chi connectivity index (χ1v) is 13.9. The SMILES string of the molecule is C[C@H]1CNC(=O)[C@@H](CC(=O)N2Cc3ccccc3C[C@H]2CO)CC=CC[C@@H](NC(=O)OCc2ccccc2)C(=O)O1. The van der Waals surface area contributed by atoms with Crippen LogP contribution in [0, 0.1) is 5.92 Å². The number of amides is 3. The van der Waals surface area contributed by atoms with Gasteiger partial charge in [-0.2, -0.15) is 0 Å². The molecule has 3 amide bonds. The third-order valence-corrected chi connectivity index (χ3v) is 7.31. The Hall–Kier alpha value is -4.18. The Balaban J connectivity index is 1.39. The van der Waals surface area contributed by atoms with Crippen molar-refractivity contribution < 1.29 is 33.8 Å². The van der Waals surface area contributed by atoms with E-state index in [0.717, 1.165) is 16.7 Å². The molecule has 0 aromatic heterocycles. The summed E-state index contributed by atoms with van der Waals surface area (Å²) >= 11 is 0. The number of hydrogen-bond acceptors (Lipinski definition) is 7. The Morgan fingerprint density at radius 1 is 1.05 bits per heavy atom. The maximum atomic E-state index is 13.4. The fraction of sp³-hybridized carbons (Fsp3) is 0.419. The molecule has 0 bridgehead atoms. The number of alkyl carbamates (subject to hydrolysis) is 1. The Morgan fingerprint density at radius 2 is 1.76 bits per heavy atom. The molecule has 0 radical (unpaired) electrons. The third kappa shape index (κ3) is 8.40. The standard InChI is InChI=1S/C31H37N3O7/c1-21-17-32-29(37)24(16-28(36)34-18-25-13-6-5-11-23(25)15-26(34)19-35)12-7-8-14-27(30(38)41-21)33-31(39)40-20-22-9-3-2-4-10-22/h2-11,13,21,24,26-27,35H,12,14-20H2,1H3,(H,32,37)(H,33,39)/t21-,24+,26-,27+/m0/s1. The predicted octanol–water partition coefficient (Wildman–Crippen LogP) is 2.63. The monoisotopic (exact) mass is 563 g/mol. The van der Waals surface area contributed by atoms with E-state index >= 15 is 0 Å². The summed E-state index contributed by atoms with van der Waals surface area (Å²) in [7, 11) is 0. The molecule has 3 N–H and O–H groups in total. The molecule has 2 aromatic rings. The minimum atomic E-state index is -0.981. The molecular weight excluding hydrogens is 526 g/mol. The van der Waals surface area contributed by atoms with Gasteiger partial charge in [0.05, 0.1) is 25.1 Å². The minimum absolute atomic E-state index is 0.0313. The van der Waals surface area contributed by atoms with Gasteiger partial charge in [-0.05, 0) is 42.9 Å². The van der Waals surface area contributed by atoms with Gasteiger partial charge in [0.1, 0.15) is 18.8 Å². The molecule has 2 aromatic carbocycles. The first-order valence-electron chi connectivity index (χ1n) is 13.9. The fourth-order valence-corrected chi connectivity index (χ4v) is 4.98. The van der Waals surface area contributed by atoms with E-state index in [-0.39, 0.29) is 56.9 Å². The molecule has 4 atom stereocenters. The van der Waals surface area contributed by atoms with Gasteiger partial charge in [-0.25, -0.2) is 9.59 Å². The maximum absolute atomic E-state index is 13.4. The van der Waals surface area contributed by atoms with E-state index in [4.69, 9.17) is 9.47 Å². The van der Waals surface area contributed by atoms with Crippen LogP contribution in [0.5, 0.6) is 0 Å². The van der Waals surface area contributed by atoms with Crippen LogP contribution in [0.15, 0.2) is 66.7 Å². The summed E-state index contributed by atoms with van der Waals surface area (Å²) < 4.78 is 10.7. The van der Waals surface area contributed by atoms with Gasteiger partial charge in [-0.1, -0.05) is 66.7 Å². The molecule has 4 rings (SSSR count). The molecule has 0 aliphatic carbocycles. The molecule has 10 heteroatoms. The van der Waals surface area contributed by atoms with E-state index < -0.39 is 30.1 Å². The number of benzene rings is 2. The lowest BCUT2D eigenvalue weighted by Gasteiger charge is -2.36. The number of aliphatic hydroxyl groups is 1. The van der Waals surface area contributed by atoms with Gasteiger partial charge >= 0.3 is 12.1 Å². The average Bonchev–Trinajstić information content (AvgIpc) is 2.98. The second kappa shape index (κ2) is 14.5. The number of carbonyl (C=O) groups is 4. The van der Waals surface area contributed by atoms with Crippen molar-refractivity contribution in [3.63, 3.8) is 0 Å². The number of cyclic esters (lactones) is 1. The number of ether oxygens (including phenoxy) is 2. The molecule has 41 heavy (non-hydrogen) atoms. The molecule has 218 valence electrons. The molecule has 0 fully saturated rings. The molecule has 0 saturated carbocycles. The summed E-state index contributed by atoms with van der Waals surface area (Å²) in [6, 6.07) is 15.7. The van der Waals surface area contributed by atoms with Crippen molar-refractivity contribution in [2.75, 3.05) is 13.2 Å². The van der Waals surface area contributed by atoms with Crippen molar-refractivity contribution in [1.82, 2.24) is 15.5 Å². The van der Waals surface area contributed by atoms with Gasteiger partial charge in [-0.3, -0.25) is 9.59 Å². The quantitative estimate of drug-likeness (QED) is 0.363. The average molecular weight is 564 g/mol. The predicted molar refractivity (Wildman–Crippen MR) is 150 cm³/mol. The zero-order chi connectivity index (χ0) is 29.2. The zero-order valence-electron chi connectivity index (χ0n) is 23.2.